The Hall–Kier alpha value is -2.34. The van der Waals surface area contributed by atoms with Crippen molar-refractivity contribution in [1.82, 2.24) is 5.32 Å². The smallest absolute Gasteiger partial charge is 0.251 e. The van der Waals surface area contributed by atoms with Crippen LogP contribution in [0.1, 0.15) is 53.9 Å². The van der Waals surface area contributed by atoms with Gasteiger partial charge in [-0.15, -0.1) is 0 Å². The van der Waals surface area contributed by atoms with Crippen LogP contribution in [0.3, 0.4) is 0 Å². The number of hydrogen-bond acceptors (Lipinski definition) is 3. The summed E-state index contributed by atoms with van der Waals surface area (Å²) in [6.07, 6.45) is 0. The molecule has 0 spiro atoms. The first-order valence-corrected chi connectivity index (χ1v) is 10.8. The first kappa shape index (κ1) is 21.0. The number of amides is 1. The highest BCUT2D eigenvalue weighted by Crippen LogP contribution is 2.20. The predicted octanol–water partition coefficient (Wildman–Crippen LogP) is 3.97. The molecule has 146 valence electrons. The Morgan fingerprint density at radius 2 is 1.67 bits per heavy atom. The Labute approximate surface area is 162 Å². The molecular weight excluding hydrogens is 360 g/mol. The third-order valence-corrected chi connectivity index (χ3v) is 6.65. The van der Waals surface area contributed by atoms with Crippen molar-refractivity contribution in [2.45, 2.75) is 40.7 Å². The Morgan fingerprint density at radius 1 is 1.04 bits per heavy atom. The lowest BCUT2D eigenvalue weighted by Crippen LogP contribution is -2.32. The molecule has 1 N–H and O–H groups in total. The summed E-state index contributed by atoms with van der Waals surface area (Å²) in [7, 11) is -3.33. The molecule has 0 unspecified atom stereocenters. The van der Waals surface area contributed by atoms with Crippen molar-refractivity contribution in [3.63, 3.8) is 0 Å². The summed E-state index contributed by atoms with van der Waals surface area (Å²) in [5.74, 6) is -0.148. The average Bonchev–Trinajstić information content (AvgIpc) is 2.64. The van der Waals surface area contributed by atoms with Crippen LogP contribution in [0.4, 0.5) is 5.69 Å². The molecule has 1 atom stereocenters. The Balaban J connectivity index is 2.14. The van der Waals surface area contributed by atoms with E-state index in [1.807, 2.05) is 13.0 Å². The third-order valence-electron chi connectivity index (χ3n) is 4.78. The molecule has 0 saturated carbocycles. The van der Waals surface area contributed by atoms with Gasteiger partial charge < -0.3 is 5.32 Å². The maximum absolute atomic E-state index is 12.5. The summed E-state index contributed by atoms with van der Waals surface area (Å²) in [5.41, 5.74) is 4.52. The van der Waals surface area contributed by atoms with Crippen molar-refractivity contribution in [3.8, 4) is 0 Å². The third kappa shape index (κ3) is 4.89. The largest absolute Gasteiger partial charge is 0.346 e. The number of nitrogens with zero attached hydrogens (tertiary/aromatic N) is 1. The van der Waals surface area contributed by atoms with E-state index in [2.05, 4.69) is 31.3 Å². The maximum Gasteiger partial charge on any atom is 0.251 e. The van der Waals surface area contributed by atoms with Gasteiger partial charge in [0.25, 0.3) is 5.91 Å². The monoisotopic (exact) mass is 388 g/mol. The van der Waals surface area contributed by atoms with Crippen molar-refractivity contribution in [2.24, 2.45) is 0 Å². The topological polar surface area (TPSA) is 66.5 Å². The van der Waals surface area contributed by atoms with E-state index in [1.54, 1.807) is 38.1 Å². The molecule has 0 heterocycles. The van der Waals surface area contributed by atoms with Gasteiger partial charge >= 0.3 is 0 Å². The number of hydrogen-bond donors (Lipinski definition) is 1. The van der Waals surface area contributed by atoms with Crippen LogP contribution in [0.15, 0.2) is 42.5 Å². The predicted molar refractivity (Wildman–Crippen MR) is 111 cm³/mol. The van der Waals surface area contributed by atoms with Gasteiger partial charge in [-0.25, -0.2) is 8.42 Å². The molecule has 0 aromatic heterocycles. The fourth-order valence-corrected chi connectivity index (χ4v) is 4.02. The van der Waals surface area contributed by atoms with Crippen molar-refractivity contribution < 1.29 is 13.2 Å². The fraction of sp³-hybridized carbons (Fsp3) is 0.381. The molecule has 0 radical (unpaired) electrons. The van der Waals surface area contributed by atoms with Gasteiger partial charge in [0, 0.05) is 12.1 Å². The summed E-state index contributed by atoms with van der Waals surface area (Å²) in [4.78, 5) is 12.5. The Bertz CT molecular complexity index is 906. The van der Waals surface area contributed by atoms with E-state index in [1.165, 1.54) is 15.4 Å². The normalized spacial score (nSPS) is 12.5. The zero-order valence-electron chi connectivity index (χ0n) is 16.6. The molecule has 0 aliphatic heterocycles. The van der Waals surface area contributed by atoms with Gasteiger partial charge in [-0.05, 0) is 75.6 Å². The van der Waals surface area contributed by atoms with Crippen molar-refractivity contribution in [3.05, 3.63) is 64.7 Å². The van der Waals surface area contributed by atoms with Gasteiger partial charge in [-0.1, -0.05) is 18.2 Å². The summed E-state index contributed by atoms with van der Waals surface area (Å²) >= 11 is 0. The molecule has 2 rings (SSSR count). The molecule has 1 amide bonds. The van der Waals surface area contributed by atoms with Crippen molar-refractivity contribution in [1.29, 1.82) is 0 Å². The average molecular weight is 389 g/mol. The standard InChI is InChI=1S/C21H28N2O3S/c1-6-23(27(25,26)7-2)20-12-10-18(11-13-20)21(24)22-17(5)19-9-8-15(3)16(4)14-19/h8-14,17H,6-7H2,1-5H3,(H,22,24)/t17-/m0/s1. The van der Waals surface area contributed by atoms with Gasteiger partial charge in [0.1, 0.15) is 0 Å². The SMILES string of the molecule is CCN(c1ccc(C(=O)N[C@@H](C)c2ccc(C)c(C)c2)cc1)S(=O)(=O)CC. The van der Waals surface area contributed by atoms with Gasteiger partial charge in [0.15, 0.2) is 0 Å². The van der Waals surface area contributed by atoms with E-state index in [-0.39, 0.29) is 17.7 Å². The summed E-state index contributed by atoms with van der Waals surface area (Å²) in [6, 6.07) is 12.7. The molecule has 0 bridgehead atoms. The molecule has 2 aromatic rings. The number of rotatable bonds is 7. The van der Waals surface area contributed by atoms with E-state index in [4.69, 9.17) is 0 Å². The molecule has 6 heteroatoms. The number of sulfonamides is 1. The maximum atomic E-state index is 12.5. The van der Waals surface area contributed by atoms with Gasteiger partial charge in [-0.2, -0.15) is 0 Å². The van der Waals surface area contributed by atoms with Crippen LogP contribution in [0.2, 0.25) is 0 Å². The van der Waals surface area contributed by atoms with E-state index in [0.29, 0.717) is 17.8 Å². The van der Waals surface area contributed by atoms with Crippen LogP contribution in [0.25, 0.3) is 0 Å². The zero-order valence-corrected chi connectivity index (χ0v) is 17.4. The highest BCUT2D eigenvalue weighted by atomic mass is 32.2. The van der Waals surface area contributed by atoms with E-state index in [9.17, 15) is 13.2 Å². The number of anilines is 1. The van der Waals surface area contributed by atoms with Crippen LogP contribution < -0.4 is 9.62 Å². The minimum atomic E-state index is -3.33. The van der Waals surface area contributed by atoms with Crippen molar-refractivity contribution in [2.75, 3.05) is 16.6 Å². The van der Waals surface area contributed by atoms with Crippen LogP contribution in [0.5, 0.6) is 0 Å². The van der Waals surface area contributed by atoms with Crippen LogP contribution in [-0.4, -0.2) is 26.6 Å². The van der Waals surface area contributed by atoms with Gasteiger partial charge in [-0.3, -0.25) is 9.10 Å². The number of aryl methyl sites for hydroxylation is 2. The molecular formula is C21H28N2O3S. The minimum absolute atomic E-state index is 0.0383. The first-order valence-electron chi connectivity index (χ1n) is 9.18. The first-order chi connectivity index (χ1) is 12.7. The second kappa shape index (κ2) is 8.57. The highest BCUT2D eigenvalue weighted by molar-refractivity contribution is 7.92. The highest BCUT2D eigenvalue weighted by Gasteiger charge is 2.19. The van der Waals surface area contributed by atoms with Crippen LogP contribution >= 0.6 is 0 Å². The summed E-state index contributed by atoms with van der Waals surface area (Å²) in [6.45, 7) is 9.82. The molecule has 0 saturated heterocycles. The lowest BCUT2D eigenvalue weighted by atomic mass is 10.0. The molecule has 0 aliphatic carbocycles. The zero-order chi connectivity index (χ0) is 20.2. The lowest BCUT2D eigenvalue weighted by molar-refractivity contribution is 0.0940. The number of carbonyl (C=O) groups is 1. The van der Waals surface area contributed by atoms with E-state index in [0.717, 1.165) is 5.56 Å². The number of benzene rings is 2. The Morgan fingerprint density at radius 3 is 2.19 bits per heavy atom. The second-order valence-corrected chi connectivity index (χ2v) is 8.83. The Kier molecular flexibility index (Phi) is 6.65. The van der Waals surface area contributed by atoms with Crippen molar-refractivity contribution >= 4 is 21.6 Å². The molecule has 2 aromatic carbocycles. The van der Waals surface area contributed by atoms with Gasteiger partial charge in [0.05, 0.1) is 17.5 Å². The summed E-state index contributed by atoms with van der Waals surface area (Å²) in [5, 5.41) is 2.99. The minimum Gasteiger partial charge on any atom is -0.346 e. The van der Waals surface area contributed by atoms with Crippen LogP contribution in [0, 0.1) is 13.8 Å². The molecule has 27 heavy (non-hydrogen) atoms. The van der Waals surface area contributed by atoms with Gasteiger partial charge in [0.2, 0.25) is 10.0 Å². The molecule has 0 fully saturated rings. The molecule has 5 nitrogen and oxygen atoms in total. The quantitative estimate of drug-likeness (QED) is 0.780. The lowest BCUT2D eigenvalue weighted by Gasteiger charge is -2.22. The molecule has 0 aliphatic rings. The van der Waals surface area contributed by atoms with E-state index >= 15 is 0 Å². The van der Waals surface area contributed by atoms with Crippen LogP contribution in [-0.2, 0) is 10.0 Å². The fourth-order valence-electron chi connectivity index (χ4n) is 2.87. The number of nitrogens with one attached hydrogen (secondary N) is 1. The second-order valence-electron chi connectivity index (χ2n) is 6.65. The number of carbonyl (C=O) groups excluding carboxylic acids is 1. The van der Waals surface area contributed by atoms with E-state index < -0.39 is 10.0 Å². The summed E-state index contributed by atoms with van der Waals surface area (Å²) < 4.78 is 25.7.